The zero-order valence-electron chi connectivity index (χ0n) is 20.2. The van der Waals surface area contributed by atoms with Gasteiger partial charge in [-0.25, -0.2) is 0 Å². The molecule has 10 nitrogen and oxygen atoms in total. The second-order valence-electron chi connectivity index (χ2n) is 8.19. The highest BCUT2D eigenvalue weighted by molar-refractivity contribution is 8.00. The zero-order valence-corrected chi connectivity index (χ0v) is 21.9. The third-order valence-corrected chi connectivity index (χ3v) is 7.92. The lowest BCUT2D eigenvalue weighted by Gasteiger charge is -2.30. The van der Waals surface area contributed by atoms with E-state index in [9.17, 15) is 19.7 Å². The number of nitro groups is 1. The number of aromatic nitrogens is 3. The van der Waals surface area contributed by atoms with Crippen molar-refractivity contribution in [3.63, 3.8) is 0 Å². The smallest absolute Gasteiger partial charge is 0.270 e. The van der Waals surface area contributed by atoms with Crippen LogP contribution < -0.4 is 10.2 Å². The average Bonchev–Trinajstić information content (AvgIpc) is 3.34. The van der Waals surface area contributed by atoms with Gasteiger partial charge in [-0.15, -0.1) is 10.2 Å². The Kier molecular flexibility index (Phi) is 7.43. The number of amides is 2. The van der Waals surface area contributed by atoms with Crippen LogP contribution in [0.1, 0.15) is 23.1 Å². The van der Waals surface area contributed by atoms with E-state index in [1.807, 2.05) is 60.0 Å². The minimum Gasteiger partial charge on any atom is -0.345 e. The quantitative estimate of drug-likeness (QED) is 0.185. The zero-order chi connectivity index (χ0) is 26.6. The van der Waals surface area contributed by atoms with Gasteiger partial charge in [0.2, 0.25) is 5.91 Å². The van der Waals surface area contributed by atoms with Crippen LogP contribution >= 0.6 is 23.5 Å². The molecule has 0 bridgehead atoms. The van der Waals surface area contributed by atoms with Crippen LogP contribution in [0.4, 0.5) is 17.1 Å². The van der Waals surface area contributed by atoms with Gasteiger partial charge in [-0.3, -0.25) is 24.6 Å². The molecule has 2 amide bonds. The van der Waals surface area contributed by atoms with Crippen molar-refractivity contribution in [2.45, 2.75) is 35.0 Å². The molecule has 1 N–H and O–H groups in total. The molecule has 2 heterocycles. The summed E-state index contributed by atoms with van der Waals surface area (Å²) in [7, 11) is 0. The van der Waals surface area contributed by atoms with Gasteiger partial charge in [-0.2, -0.15) is 0 Å². The van der Waals surface area contributed by atoms with Crippen LogP contribution in [0.25, 0.3) is 0 Å². The Morgan fingerprint density at radius 1 is 1.00 bits per heavy atom. The van der Waals surface area contributed by atoms with Crippen LogP contribution in [0, 0.1) is 10.1 Å². The Morgan fingerprint density at radius 2 is 1.68 bits per heavy atom. The highest BCUT2D eigenvalue weighted by Gasteiger charge is 2.28. The summed E-state index contributed by atoms with van der Waals surface area (Å²) < 4.78 is 1.83. The first kappa shape index (κ1) is 25.5. The molecule has 0 saturated carbocycles. The number of fused-ring (bicyclic) bond motifs is 2. The lowest BCUT2D eigenvalue weighted by molar-refractivity contribution is -0.384. The van der Waals surface area contributed by atoms with Crippen molar-refractivity contribution in [3.05, 3.63) is 94.3 Å². The number of nitrogens with one attached hydrogen (secondary N) is 1. The Hall–Kier alpha value is -4.16. The SMILES string of the molecule is CCn1c(CNC(=O)c2cccc([N+](=O)[O-])c2)nnc1SCC(=O)N1c2ccccc2Sc2ccccc21. The molecule has 0 saturated heterocycles. The van der Waals surface area contributed by atoms with E-state index in [-0.39, 0.29) is 29.5 Å². The molecule has 4 aromatic rings. The Labute approximate surface area is 226 Å². The summed E-state index contributed by atoms with van der Waals surface area (Å²) in [6, 6.07) is 21.2. The number of hydrogen-bond donors (Lipinski definition) is 1. The highest BCUT2D eigenvalue weighted by Crippen LogP contribution is 2.48. The summed E-state index contributed by atoms with van der Waals surface area (Å²) >= 11 is 2.92. The number of rotatable bonds is 8. The summed E-state index contributed by atoms with van der Waals surface area (Å²) in [6.07, 6.45) is 0. The van der Waals surface area contributed by atoms with Crippen LogP contribution in [0.2, 0.25) is 0 Å². The number of nitro benzene ring substituents is 1. The molecule has 0 fully saturated rings. The van der Waals surface area contributed by atoms with Gasteiger partial charge >= 0.3 is 0 Å². The predicted molar refractivity (Wildman–Crippen MR) is 145 cm³/mol. The summed E-state index contributed by atoms with van der Waals surface area (Å²) in [5.74, 6) is 0.127. The van der Waals surface area contributed by atoms with Crippen molar-refractivity contribution in [1.29, 1.82) is 0 Å². The molecule has 0 radical (unpaired) electrons. The summed E-state index contributed by atoms with van der Waals surface area (Å²) in [6.45, 7) is 2.55. The molecule has 0 unspecified atom stereocenters. The van der Waals surface area contributed by atoms with Crippen LogP contribution in [0.3, 0.4) is 0 Å². The van der Waals surface area contributed by atoms with Gasteiger partial charge in [0.05, 0.1) is 28.6 Å². The highest BCUT2D eigenvalue weighted by atomic mass is 32.2. The van der Waals surface area contributed by atoms with E-state index < -0.39 is 10.8 Å². The fourth-order valence-corrected chi connectivity index (χ4v) is 5.99. The molecule has 3 aromatic carbocycles. The van der Waals surface area contributed by atoms with Crippen molar-refractivity contribution in [2.75, 3.05) is 10.7 Å². The molecular weight excluding hydrogens is 524 g/mol. The molecule has 12 heteroatoms. The molecule has 0 spiro atoms. The molecule has 0 atom stereocenters. The van der Waals surface area contributed by atoms with Crippen LogP contribution in [0.5, 0.6) is 0 Å². The standard InChI is InChI=1S/C26H22N6O4S2/c1-2-30-23(15-27-25(34)17-8-7-9-18(14-17)32(35)36)28-29-26(30)37-16-24(33)31-19-10-3-5-12-21(19)38-22-13-6-4-11-20(22)31/h3-14H,2,15-16H2,1H3,(H,27,34). The van der Waals surface area contributed by atoms with Gasteiger partial charge in [0.1, 0.15) is 0 Å². The first-order valence-corrected chi connectivity index (χ1v) is 13.5. The minimum absolute atomic E-state index is 0.0821. The topological polar surface area (TPSA) is 123 Å². The molecular formula is C26H22N6O4S2. The number of nitrogens with zero attached hydrogens (tertiary/aromatic N) is 5. The lowest BCUT2D eigenvalue weighted by Crippen LogP contribution is -2.30. The van der Waals surface area contributed by atoms with Crippen LogP contribution in [-0.4, -0.2) is 37.3 Å². The second kappa shape index (κ2) is 11.1. The molecule has 38 heavy (non-hydrogen) atoms. The third-order valence-electron chi connectivity index (χ3n) is 5.84. The Balaban J connectivity index is 1.28. The van der Waals surface area contributed by atoms with Crippen molar-refractivity contribution < 1.29 is 14.5 Å². The fraction of sp³-hybridized carbons (Fsp3) is 0.154. The predicted octanol–water partition coefficient (Wildman–Crippen LogP) is 5.06. The minimum atomic E-state index is -0.546. The van der Waals surface area contributed by atoms with E-state index in [0.717, 1.165) is 21.2 Å². The number of thioether (sulfide) groups is 1. The number of para-hydroxylation sites is 2. The van der Waals surface area contributed by atoms with E-state index in [1.54, 1.807) is 16.7 Å². The van der Waals surface area contributed by atoms with E-state index >= 15 is 0 Å². The van der Waals surface area contributed by atoms with E-state index in [4.69, 9.17) is 0 Å². The molecule has 192 valence electrons. The number of carbonyl (C=O) groups excluding carboxylic acids is 2. The lowest BCUT2D eigenvalue weighted by atomic mass is 10.2. The average molecular weight is 547 g/mol. The number of anilines is 2. The maximum Gasteiger partial charge on any atom is 0.270 e. The van der Waals surface area contributed by atoms with Gasteiger partial charge in [-0.05, 0) is 37.3 Å². The molecule has 5 rings (SSSR count). The molecule has 1 aromatic heterocycles. The van der Waals surface area contributed by atoms with Crippen molar-refractivity contribution in [2.24, 2.45) is 0 Å². The number of benzene rings is 3. The van der Waals surface area contributed by atoms with E-state index in [0.29, 0.717) is 17.5 Å². The van der Waals surface area contributed by atoms with Gasteiger partial charge in [0, 0.05) is 34.0 Å². The van der Waals surface area contributed by atoms with Gasteiger partial charge in [-0.1, -0.05) is 53.9 Å². The first-order chi connectivity index (χ1) is 18.5. The first-order valence-electron chi connectivity index (χ1n) is 11.7. The molecule has 1 aliphatic rings. The summed E-state index contributed by atoms with van der Waals surface area (Å²) in [5.41, 5.74) is 1.73. The maximum atomic E-state index is 13.5. The number of hydrogen-bond acceptors (Lipinski definition) is 8. The normalized spacial score (nSPS) is 12.0. The monoisotopic (exact) mass is 546 g/mol. The fourth-order valence-electron chi connectivity index (χ4n) is 4.06. The van der Waals surface area contributed by atoms with Gasteiger partial charge < -0.3 is 9.88 Å². The maximum absolute atomic E-state index is 13.5. The molecule has 0 aliphatic carbocycles. The van der Waals surface area contributed by atoms with E-state index in [1.165, 1.54) is 36.0 Å². The van der Waals surface area contributed by atoms with Crippen molar-refractivity contribution in [3.8, 4) is 0 Å². The Bertz CT molecular complexity index is 1490. The van der Waals surface area contributed by atoms with Crippen LogP contribution in [-0.2, 0) is 17.9 Å². The Morgan fingerprint density at radius 3 is 2.34 bits per heavy atom. The van der Waals surface area contributed by atoms with Crippen LogP contribution in [0.15, 0.2) is 87.7 Å². The molecule has 1 aliphatic heterocycles. The largest absolute Gasteiger partial charge is 0.345 e. The third kappa shape index (κ3) is 5.13. The van der Waals surface area contributed by atoms with E-state index in [2.05, 4.69) is 15.5 Å². The number of carbonyl (C=O) groups is 2. The number of non-ortho nitro benzene ring substituents is 1. The summed E-state index contributed by atoms with van der Waals surface area (Å²) in [5, 5.41) is 22.7. The second-order valence-corrected chi connectivity index (χ2v) is 10.2. The van der Waals surface area contributed by atoms with Gasteiger partial charge in [0.15, 0.2) is 11.0 Å². The van der Waals surface area contributed by atoms with Crippen molar-refractivity contribution >= 4 is 52.4 Å². The van der Waals surface area contributed by atoms with Crippen molar-refractivity contribution in [1.82, 2.24) is 20.1 Å². The van der Waals surface area contributed by atoms with Gasteiger partial charge in [0.25, 0.3) is 11.6 Å². The summed E-state index contributed by atoms with van der Waals surface area (Å²) in [4.78, 5) is 40.3.